The molecule has 0 bridgehead atoms. The van der Waals surface area contributed by atoms with Gasteiger partial charge in [0.1, 0.15) is 12.2 Å². The predicted molar refractivity (Wildman–Crippen MR) is 94.9 cm³/mol. The number of carbonyl (C=O) groups excluding carboxylic acids is 1. The minimum Gasteiger partial charge on any atom is -0.351 e. The maximum atomic E-state index is 11.1. The van der Waals surface area contributed by atoms with Gasteiger partial charge in [-0.05, 0) is 42.2 Å². The van der Waals surface area contributed by atoms with E-state index in [0.717, 1.165) is 12.1 Å². The maximum absolute atomic E-state index is 11.1. The highest BCUT2D eigenvalue weighted by Gasteiger charge is 2.20. The Balaban J connectivity index is 1.55. The number of benzene rings is 2. The quantitative estimate of drug-likeness (QED) is 0.479. The number of amides is 1. The molecule has 0 saturated carbocycles. The van der Waals surface area contributed by atoms with Crippen LogP contribution in [-0.4, -0.2) is 18.6 Å². The van der Waals surface area contributed by atoms with E-state index >= 15 is 0 Å². The van der Waals surface area contributed by atoms with E-state index in [1.807, 2.05) is 24.3 Å². The summed E-state index contributed by atoms with van der Waals surface area (Å²) in [4.78, 5) is 11.1. The average Bonchev–Trinajstić information content (AvgIpc) is 2.99. The standard InChI is InChI=1S/C18H20N2O2S/c1-13-7-8-15(11-17(13)14-5-3-2-4-6-14)20-23-22-12-16-9-10-18(21)19-16/h2-8,11,16,20H,9-10,12H2,1H3,(H,19,21)/t16-/m0/s1. The van der Waals surface area contributed by atoms with Gasteiger partial charge in [0.2, 0.25) is 5.91 Å². The Hall–Kier alpha value is -1.98. The number of carbonyl (C=O) groups is 1. The SMILES string of the molecule is Cc1ccc(NSOC[C@@H]2CCC(=O)N2)cc1-c1ccccc1. The van der Waals surface area contributed by atoms with Crippen molar-refractivity contribution in [3.05, 3.63) is 54.1 Å². The van der Waals surface area contributed by atoms with Crippen molar-refractivity contribution in [1.82, 2.24) is 5.32 Å². The van der Waals surface area contributed by atoms with Crippen LogP contribution in [0.3, 0.4) is 0 Å². The predicted octanol–water partition coefficient (Wildman–Crippen LogP) is 3.93. The summed E-state index contributed by atoms with van der Waals surface area (Å²) >= 11 is 1.20. The Bertz CT molecular complexity index is 676. The van der Waals surface area contributed by atoms with Crippen LogP contribution in [0.25, 0.3) is 11.1 Å². The summed E-state index contributed by atoms with van der Waals surface area (Å²) in [6.07, 6.45) is 1.45. The Kier molecular flexibility index (Phi) is 5.20. The highest BCUT2D eigenvalue weighted by atomic mass is 32.2. The van der Waals surface area contributed by atoms with Crippen molar-refractivity contribution >= 4 is 23.8 Å². The third-order valence-corrected chi connectivity index (χ3v) is 4.47. The summed E-state index contributed by atoms with van der Waals surface area (Å²) in [6, 6.07) is 16.7. The number of anilines is 1. The van der Waals surface area contributed by atoms with Gasteiger partial charge in [-0.1, -0.05) is 36.4 Å². The monoisotopic (exact) mass is 328 g/mol. The van der Waals surface area contributed by atoms with Crippen LogP contribution in [0.15, 0.2) is 48.5 Å². The topological polar surface area (TPSA) is 50.4 Å². The van der Waals surface area contributed by atoms with Crippen molar-refractivity contribution in [2.24, 2.45) is 0 Å². The van der Waals surface area contributed by atoms with Gasteiger partial charge in [-0.25, -0.2) is 0 Å². The number of hydrogen-bond acceptors (Lipinski definition) is 4. The zero-order chi connectivity index (χ0) is 16.1. The largest absolute Gasteiger partial charge is 0.351 e. The maximum Gasteiger partial charge on any atom is 0.220 e. The molecule has 1 aliphatic rings. The van der Waals surface area contributed by atoms with Gasteiger partial charge in [0.05, 0.1) is 12.6 Å². The Morgan fingerprint density at radius 2 is 2.09 bits per heavy atom. The second kappa shape index (κ2) is 7.53. The number of nitrogens with one attached hydrogen (secondary N) is 2. The van der Waals surface area contributed by atoms with Gasteiger partial charge in [-0.2, -0.15) is 0 Å². The van der Waals surface area contributed by atoms with E-state index in [2.05, 4.69) is 41.2 Å². The van der Waals surface area contributed by atoms with E-state index < -0.39 is 0 Å². The first-order valence-corrected chi connectivity index (χ1v) is 8.46. The Morgan fingerprint density at radius 1 is 1.26 bits per heavy atom. The second-order valence-corrected chi connectivity index (χ2v) is 6.28. The highest BCUT2D eigenvalue weighted by molar-refractivity contribution is 7.96. The molecular formula is C18H20N2O2S. The summed E-state index contributed by atoms with van der Waals surface area (Å²) in [5, 5.41) is 2.89. The smallest absolute Gasteiger partial charge is 0.220 e. The molecule has 23 heavy (non-hydrogen) atoms. The molecule has 1 heterocycles. The fraction of sp³-hybridized carbons (Fsp3) is 0.278. The van der Waals surface area contributed by atoms with E-state index in [9.17, 15) is 4.79 Å². The molecule has 1 amide bonds. The lowest BCUT2D eigenvalue weighted by Crippen LogP contribution is -2.28. The van der Waals surface area contributed by atoms with Crippen LogP contribution in [0.1, 0.15) is 18.4 Å². The molecule has 0 unspecified atom stereocenters. The van der Waals surface area contributed by atoms with E-state index in [4.69, 9.17) is 4.18 Å². The van der Waals surface area contributed by atoms with Crippen LogP contribution in [-0.2, 0) is 8.98 Å². The average molecular weight is 328 g/mol. The minimum absolute atomic E-state index is 0.114. The molecule has 0 radical (unpaired) electrons. The van der Waals surface area contributed by atoms with Gasteiger partial charge in [0.15, 0.2) is 0 Å². The van der Waals surface area contributed by atoms with Crippen molar-refractivity contribution in [2.75, 3.05) is 11.3 Å². The lowest BCUT2D eigenvalue weighted by atomic mass is 10.0. The molecule has 2 aromatic rings. The molecule has 2 aromatic carbocycles. The summed E-state index contributed by atoms with van der Waals surface area (Å²) < 4.78 is 8.74. The summed E-state index contributed by atoms with van der Waals surface area (Å²) in [6.45, 7) is 2.62. The number of hydrogen-bond donors (Lipinski definition) is 2. The molecule has 5 heteroatoms. The van der Waals surface area contributed by atoms with Crippen molar-refractivity contribution in [1.29, 1.82) is 0 Å². The molecule has 0 aliphatic carbocycles. The Labute approximate surface area is 141 Å². The van der Waals surface area contributed by atoms with Crippen LogP contribution >= 0.6 is 12.2 Å². The molecule has 4 nitrogen and oxygen atoms in total. The second-order valence-electron chi connectivity index (χ2n) is 5.67. The first kappa shape index (κ1) is 15.9. The third kappa shape index (κ3) is 4.27. The van der Waals surface area contributed by atoms with Gasteiger partial charge < -0.3 is 10.0 Å². The van der Waals surface area contributed by atoms with Crippen molar-refractivity contribution in [2.45, 2.75) is 25.8 Å². The zero-order valence-electron chi connectivity index (χ0n) is 13.0. The van der Waals surface area contributed by atoms with Gasteiger partial charge >= 0.3 is 0 Å². The highest BCUT2D eigenvalue weighted by Crippen LogP contribution is 2.27. The zero-order valence-corrected chi connectivity index (χ0v) is 13.9. The fourth-order valence-electron chi connectivity index (χ4n) is 2.61. The molecule has 2 N–H and O–H groups in total. The molecule has 1 atom stereocenters. The first-order chi connectivity index (χ1) is 11.2. The molecular weight excluding hydrogens is 308 g/mol. The van der Waals surface area contributed by atoms with E-state index in [1.54, 1.807) is 0 Å². The molecule has 1 fully saturated rings. The number of rotatable bonds is 6. The van der Waals surface area contributed by atoms with Crippen molar-refractivity contribution < 1.29 is 8.98 Å². The van der Waals surface area contributed by atoms with Crippen LogP contribution in [0.4, 0.5) is 5.69 Å². The summed E-state index contributed by atoms with van der Waals surface area (Å²) in [7, 11) is 0. The first-order valence-electron chi connectivity index (χ1n) is 7.72. The van der Waals surface area contributed by atoms with Gasteiger partial charge in [0.25, 0.3) is 0 Å². The minimum atomic E-state index is 0.114. The molecule has 3 rings (SSSR count). The Morgan fingerprint density at radius 3 is 2.83 bits per heavy atom. The van der Waals surface area contributed by atoms with Crippen LogP contribution in [0.5, 0.6) is 0 Å². The molecule has 0 spiro atoms. The molecule has 1 saturated heterocycles. The van der Waals surface area contributed by atoms with Crippen LogP contribution in [0, 0.1) is 6.92 Å². The summed E-state index contributed by atoms with van der Waals surface area (Å²) in [5.41, 5.74) is 4.64. The summed E-state index contributed by atoms with van der Waals surface area (Å²) in [5.74, 6) is 0.114. The van der Waals surface area contributed by atoms with E-state index in [1.165, 1.54) is 28.9 Å². The van der Waals surface area contributed by atoms with Crippen molar-refractivity contribution in [3.63, 3.8) is 0 Å². The molecule has 0 aromatic heterocycles. The third-order valence-electron chi connectivity index (χ3n) is 3.90. The lowest BCUT2D eigenvalue weighted by molar-refractivity contribution is -0.119. The fourth-order valence-corrected chi connectivity index (χ4v) is 3.12. The van der Waals surface area contributed by atoms with Gasteiger partial charge in [-0.3, -0.25) is 8.98 Å². The van der Waals surface area contributed by atoms with E-state index in [-0.39, 0.29) is 11.9 Å². The number of aryl methyl sites for hydroxylation is 1. The van der Waals surface area contributed by atoms with E-state index in [0.29, 0.717) is 13.0 Å². The van der Waals surface area contributed by atoms with Gasteiger partial charge in [0, 0.05) is 12.1 Å². The molecule has 1 aliphatic heterocycles. The lowest BCUT2D eigenvalue weighted by Gasteiger charge is -2.12. The molecule has 120 valence electrons. The normalized spacial score (nSPS) is 17.1. The van der Waals surface area contributed by atoms with Crippen LogP contribution in [0.2, 0.25) is 0 Å². The van der Waals surface area contributed by atoms with Crippen LogP contribution < -0.4 is 10.0 Å². The van der Waals surface area contributed by atoms with Crippen molar-refractivity contribution in [3.8, 4) is 11.1 Å². The van der Waals surface area contributed by atoms with Gasteiger partial charge in [-0.15, -0.1) is 0 Å².